The van der Waals surface area contributed by atoms with Gasteiger partial charge in [-0.2, -0.15) is 0 Å². The summed E-state index contributed by atoms with van der Waals surface area (Å²) in [5, 5.41) is 8.81. The molecule has 0 heterocycles. The summed E-state index contributed by atoms with van der Waals surface area (Å²) in [5.74, 6) is 0. The largest absolute Gasteiger partial charge is 0.330 e. The number of nitrogens with zero attached hydrogens (tertiary/aromatic N) is 1. The highest BCUT2D eigenvalue weighted by molar-refractivity contribution is 5.83. The van der Waals surface area contributed by atoms with Gasteiger partial charge < -0.3 is 11.1 Å². The smallest absolute Gasteiger partial charge is 0.0237 e. The Morgan fingerprint density at radius 1 is 0.594 bits per heavy atom. The van der Waals surface area contributed by atoms with E-state index >= 15 is 0 Å². The number of hydrogen-bond donors (Lipinski definition) is 2. The summed E-state index contributed by atoms with van der Waals surface area (Å²) in [6.45, 7) is 5.90. The first kappa shape index (κ1) is 22.5. The zero-order chi connectivity index (χ0) is 22.0. The van der Waals surface area contributed by atoms with Crippen LogP contribution in [0.3, 0.4) is 0 Å². The molecular weight excluding hydrogens is 390 g/mol. The van der Waals surface area contributed by atoms with Crippen LogP contribution in [0.15, 0.2) is 84.9 Å². The molecule has 0 bridgehead atoms. The minimum Gasteiger partial charge on any atom is -0.330 e. The molecule has 0 aliphatic heterocycles. The van der Waals surface area contributed by atoms with Gasteiger partial charge in [-0.25, -0.2) is 0 Å². The molecule has 4 rings (SSSR count). The number of hydrogen-bond acceptors (Lipinski definition) is 3. The number of unbranched alkanes of at least 4 members (excludes halogenated alkanes) is 1. The van der Waals surface area contributed by atoms with Crippen molar-refractivity contribution < 1.29 is 0 Å². The summed E-state index contributed by atoms with van der Waals surface area (Å²) >= 11 is 0. The molecule has 0 spiro atoms. The van der Waals surface area contributed by atoms with Gasteiger partial charge in [-0.05, 0) is 83.7 Å². The van der Waals surface area contributed by atoms with Crippen LogP contribution in [0.25, 0.3) is 21.5 Å². The Morgan fingerprint density at radius 3 is 1.69 bits per heavy atom. The van der Waals surface area contributed by atoms with E-state index in [2.05, 4.69) is 95.1 Å². The second-order valence-corrected chi connectivity index (χ2v) is 8.67. The maximum absolute atomic E-state index is 5.59. The maximum atomic E-state index is 5.59. The fourth-order valence-corrected chi connectivity index (χ4v) is 4.35. The fraction of sp³-hybridized carbons (Fsp3) is 0.310. The van der Waals surface area contributed by atoms with Gasteiger partial charge in [0, 0.05) is 19.6 Å². The van der Waals surface area contributed by atoms with Crippen LogP contribution in [0.1, 0.15) is 30.4 Å². The highest BCUT2D eigenvalue weighted by Crippen LogP contribution is 2.20. The first-order valence-electron chi connectivity index (χ1n) is 11.9. The summed E-state index contributed by atoms with van der Waals surface area (Å²) in [6, 6.07) is 31.0. The lowest BCUT2D eigenvalue weighted by Crippen LogP contribution is -2.27. The fourth-order valence-electron chi connectivity index (χ4n) is 4.35. The zero-order valence-electron chi connectivity index (χ0n) is 19.0. The number of nitrogens with two attached hydrogens (primary N) is 1. The minimum absolute atomic E-state index is 0.785. The number of nitrogens with one attached hydrogen (secondary N) is 1. The summed E-state index contributed by atoms with van der Waals surface area (Å²) in [7, 11) is 0. The molecule has 0 saturated heterocycles. The van der Waals surface area contributed by atoms with E-state index in [0.29, 0.717) is 0 Å². The molecule has 0 fully saturated rings. The third kappa shape index (κ3) is 6.39. The minimum atomic E-state index is 0.785. The predicted octanol–water partition coefficient (Wildman–Crippen LogP) is 5.71. The first-order valence-corrected chi connectivity index (χ1v) is 11.9. The van der Waals surface area contributed by atoms with Gasteiger partial charge in [0.25, 0.3) is 0 Å². The van der Waals surface area contributed by atoms with Crippen molar-refractivity contribution in [3.05, 3.63) is 96.1 Å². The monoisotopic (exact) mass is 425 g/mol. The molecule has 3 N–H and O–H groups in total. The van der Waals surface area contributed by atoms with Crippen molar-refractivity contribution in [1.82, 2.24) is 10.2 Å². The summed E-state index contributed by atoms with van der Waals surface area (Å²) in [6.07, 6.45) is 3.40. The zero-order valence-corrected chi connectivity index (χ0v) is 19.0. The molecule has 4 aromatic rings. The third-order valence-corrected chi connectivity index (χ3v) is 6.08. The second-order valence-electron chi connectivity index (χ2n) is 8.67. The molecule has 3 heteroatoms. The Bertz CT molecular complexity index is 1040. The lowest BCUT2D eigenvalue weighted by Gasteiger charge is -2.23. The highest BCUT2D eigenvalue weighted by Gasteiger charge is 2.09. The SMILES string of the molecule is NCCCCNCCCN(Cc1ccc2ccccc2c1)Cc1ccc2ccccc2c1. The van der Waals surface area contributed by atoms with Gasteiger partial charge in [0.2, 0.25) is 0 Å². The molecule has 0 unspecified atom stereocenters. The quantitative estimate of drug-likeness (QED) is 0.286. The Kier molecular flexibility index (Phi) is 8.27. The van der Waals surface area contributed by atoms with Gasteiger partial charge in [-0.3, -0.25) is 4.90 Å². The van der Waals surface area contributed by atoms with Crippen molar-refractivity contribution in [3.8, 4) is 0 Å². The number of fused-ring (bicyclic) bond motifs is 2. The molecule has 0 aromatic heterocycles. The van der Waals surface area contributed by atoms with Gasteiger partial charge in [-0.15, -0.1) is 0 Å². The molecule has 32 heavy (non-hydrogen) atoms. The summed E-state index contributed by atoms with van der Waals surface area (Å²) < 4.78 is 0. The molecule has 0 aliphatic rings. The second kappa shape index (κ2) is 11.8. The van der Waals surface area contributed by atoms with E-state index in [0.717, 1.165) is 58.5 Å². The van der Waals surface area contributed by atoms with E-state index in [-0.39, 0.29) is 0 Å². The van der Waals surface area contributed by atoms with E-state index in [1.54, 1.807) is 0 Å². The van der Waals surface area contributed by atoms with Crippen LogP contribution in [0.4, 0.5) is 0 Å². The van der Waals surface area contributed by atoms with Crippen LogP contribution in [-0.2, 0) is 13.1 Å². The van der Waals surface area contributed by atoms with Crippen LogP contribution >= 0.6 is 0 Å². The van der Waals surface area contributed by atoms with Crippen molar-refractivity contribution in [2.45, 2.75) is 32.4 Å². The van der Waals surface area contributed by atoms with Crippen LogP contribution in [0, 0.1) is 0 Å². The lowest BCUT2D eigenvalue weighted by molar-refractivity contribution is 0.252. The molecule has 3 nitrogen and oxygen atoms in total. The molecule has 0 aliphatic carbocycles. The van der Waals surface area contributed by atoms with Gasteiger partial charge in [0.15, 0.2) is 0 Å². The highest BCUT2D eigenvalue weighted by atomic mass is 15.1. The Hall–Kier alpha value is -2.72. The Balaban J connectivity index is 1.43. The van der Waals surface area contributed by atoms with E-state index in [4.69, 9.17) is 5.73 Å². The average molecular weight is 426 g/mol. The van der Waals surface area contributed by atoms with Crippen LogP contribution in [0.2, 0.25) is 0 Å². The molecule has 166 valence electrons. The van der Waals surface area contributed by atoms with Crippen molar-refractivity contribution in [2.75, 3.05) is 26.2 Å². The van der Waals surface area contributed by atoms with E-state index in [1.807, 2.05) is 0 Å². The molecule has 0 saturated carbocycles. The maximum Gasteiger partial charge on any atom is 0.0237 e. The Morgan fingerprint density at radius 2 is 1.12 bits per heavy atom. The summed E-state index contributed by atoms with van der Waals surface area (Å²) in [5.41, 5.74) is 8.34. The van der Waals surface area contributed by atoms with Crippen molar-refractivity contribution in [2.24, 2.45) is 5.73 Å². The molecule has 0 radical (unpaired) electrons. The van der Waals surface area contributed by atoms with Crippen molar-refractivity contribution >= 4 is 21.5 Å². The molecular formula is C29H35N3. The van der Waals surface area contributed by atoms with E-state index in [9.17, 15) is 0 Å². The topological polar surface area (TPSA) is 41.3 Å². The first-order chi connectivity index (χ1) is 15.8. The van der Waals surface area contributed by atoms with Gasteiger partial charge >= 0.3 is 0 Å². The van der Waals surface area contributed by atoms with Crippen LogP contribution in [-0.4, -0.2) is 31.1 Å². The summed E-state index contributed by atoms with van der Waals surface area (Å²) in [4.78, 5) is 2.58. The van der Waals surface area contributed by atoms with Gasteiger partial charge in [0.05, 0.1) is 0 Å². The Labute approximate surface area is 192 Å². The normalized spacial score (nSPS) is 11.6. The van der Waals surface area contributed by atoms with E-state index in [1.165, 1.54) is 32.7 Å². The van der Waals surface area contributed by atoms with Crippen LogP contribution < -0.4 is 11.1 Å². The molecule has 0 atom stereocenters. The average Bonchev–Trinajstić information content (AvgIpc) is 2.83. The third-order valence-electron chi connectivity index (χ3n) is 6.08. The lowest BCUT2D eigenvalue weighted by atomic mass is 10.1. The molecule has 0 amide bonds. The molecule has 4 aromatic carbocycles. The van der Waals surface area contributed by atoms with Crippen molar-refractivity contribution in [1.29, 1.82) is 0 Å². The van der Waals surface area contributed by atoms with Crippen molar-refractivity contribution in [3.63, 3.8) is 0 Å². The number of benzene rings is 4. The van der Waals surface area contributed by atoms with E-state index < -0.39 is 0 Å². The standard InChI is InChI=1S/C29H35N3/c30-16-5-6-17-31-18-7-19-32(22-24-12-14-26-8-1-3-10-28(26)20-24)23-25-13-15-27-9-2-4-11-29(27)21-25/h1-4,8-15,20-21,31H,5-7,16-19,22-23,30H2. The van der Waals surface area contributed by atoms with Gasteiger partial charge in [0.1, 0.15) is 0 Å². The predicted molar refractivity (Wildman–Crippen MR) is 138 cm³/mol. The number of rotatable bonds is 12. The van der Waals surface area contributed by atoms with Gasteiger partial charge in [-0.1, -0.05) is 72.8 Å². The van der Waals surface area contributed by atoms with Crippen LogP contribution in [0.5, 0.6) is 0 Å².